The van der Waals surface area contributed by atoms with Gasteiger partial charge in [0.25, 0.3) is 0 Å². The third kappa shape index (κ3) is 3.46. The second-order valence-electron chi connectivity index (χ2n) is 3.80. The Hall–Kier alpha value is -1.07. The van der Waals surface area contributed by atoms with Crippen LogP contribution in [0.3, 0.4) is 0 Å². The molecule has 0 aliphatic rings. The van der Waals surface area contributed by atoms with E-state index in [1.807, 2.05) is 0 Å². The highest BCUT2D eigenvalue weighted by atomic mass is 35.5. The van der Waals surface area contributed by atoms with Gasteiger partial charge in [0.15, 0.2) is 0 Å². The first-order chi connectivity index (χ1) is 8.66. The Labute approximate surface area is 114 Å². The number of aliphatic hydroxyl groups is 1. The van der Waals surface area contributed by atoms with Crippen LogP contribution >= 0.6 is 23.2 Å². The molecule has 0 spiro atoms. The maximum atomic E-state index is 10.0. The van der Waals surface area contributed by atoms with Gasteiger partial charge in [-0.05, 0) is 18.2 Å². The van der Waals surface area contributed by atoms with Crippen LogP contribution in [0.15, 0.2) is 35.1 Å². The minimum absolute atomic E-state index is 0.354. The highest BCUT2D eigenvalue weighted by molar-refractivity contribution is 6.33. The molecule has 0 amide bonds. The first kappa shape index (κ1) is 13.4. The van der Waals surface area contributed by atoms with E-state index in [2.05, 4.69) is 10.5 Å². The molecule has 0 saturated heterocycles. The first-order valence-electron chi connectivity index (χ1n) is 5.40. The van der Waals surface area contributed by atoms with E-state index in [0.29, 0.717) is 28.7 Å². The van der Waals surface area contributed by atoms with Gasteiger partial charge in [0.2, 0.25) is 0 Å². The number of nitrogens with one attached hydrogen (secondary N) is 1. The van der Waals surface area contributed by atoms with E-state index in [0.717, 1.165) is 5.69 Å². The Kier molecular flexibility index (Phi) is 4.60. The van der Waals surface area contributed by atoms with Gasteiger partial charge in [0, 0.05) is 34.8 Å². The lowest BCUT2D eigenvalue weighted by Gasteiger charge is -2.13. The number of hydrogen-bond acceptors (Lipinski definition) is 4. The lowest BCUT2D eigenvalue weighted by molar-refractivity contribution is 0.174. The van der Waals surface area contributed by atoms with Gasteiger partial charge in [-0.1, -0.05) is 28.4 Å². The Morgan fingerprint density at radius 2 is 2.17 bits per heavy atom. The molecule has 0 saturated carbocycles. The summed E-state index contributed by atoms with van der Waals surface area (Å²) >= 11 is 11.9. The van der Waals surface area contributed by atoms with Crippen LogP contribution in [0, 0.1) is 0 Å². The molecule has 1 atom stereocenters. The van der Waals surface area contributed by atoms with Crippen molar-refractivity contribution >= 4 is 23.2 Å². The Balaban J connectivity index is 1.91. The maximum absolute atomic E-state index is 10.0. The predicted molar refractivity (Wildman–Crippen MR) is 69.6 cm³/mol. The molecule has 2 N–H and O–H groups in total. The number of halogens is 2. The van der Waals surface area contributed by atoms with E-state index in [9.17, 15) is 5.11 Å². The number of benzene rings is 1. The molecule has 0 aliphatic heterocycles. The Morgan fingerprint density at radius 1 is 1.33 bits per heavy atom. The molecule has 18 heavy (non-hydrogen) atoms. The van der Waals surface area contributed by atoms with Crippen LogP contribution in [-0.4, -0.2) is 16.8 Å². The van der Waals surface area contributed by atoms with Gasteiger partial charge in [-0.15, -0.1) is 0 Å². The van der Waals surface area contributed by atoms with E-state index >= 15 is 0 Å². The fraction of sp³-hybridized carbons (Fsp3) is 0.250. The zero-order valence-electron chi connectivity index (χ0n) is 9.44. The number of nitrogens with zero attached hydrogens (tertiary/aromatic N) is 1. The van der Waals surface area contributed by atoms with Gasteiger partial charge >= 0.3 is 0 Å². The van der Waals surface area contributed by atoms with Crippen LogP contribution in [0.25, 0.3) is 0 Å². The van der Waals surface area contributed by atoms with Crippen molar-refractivity contribution in [2.24, 2.45) is 0 Å². The number of rotatable bonds is 5. The Bertz CT molecular complexity index is 503. The van der Waals surface area contributed by atoms with Crippen molar-refractivity contribution in [2.75, 3.05) is 6.54 Å². The molecule has 4 nitrogen and oxygen atoms in total. The standard InChI is InChI=1S/C12H12Cl2N2O2/c13-8-1-2-11(14)10(5-8)12(17)7-15-6-9-3-4-18-16-9/h1-5,12,15,17H,6-7H2. The maximum Gasteiger partial charge on any atom is 0.124 e. The van der Waals surface area contributed by atoms with Crippen LogP contribution in [0.5, 0.6) is 0 Å². The second-order valence-corrected chi connectivity index (χ2v) is 4.65. The van der Waals surface area contributed by atoms with Crippen molar-refractivity contribution < 1.29 is 9.63 Å². The molecular weight excluding hydrogens is 275 g/mol. The molecule has 0 aliphatic carbocycles. The van der Waals surface area contributed by atoms with Crippen LogP contribution in [0.1, 0.15) is 17.4 Å². The molecule has 1 aromatic heterocycles. The monoisotopic (exact) mass is 286 g/mol. The van der Waals surface area contributed by atoms with Gasteiger partial charge in [-0.3, -0.25) is 0 Å². The normalized spacial score (nSPS) is 12.6. The van der Waals surface area contributed by atoms with Crippen molar-refractivity contribution in [2.45, 2.75) is 12.6 Å². The lowest BCUT2D eigenvalue weighted by atomic mass is 10.1. The third-order valence-electron chi connectivity index (χ3n) is 2.45. The SMILES string of the molecule is OC(CNCc1ccon1)c1cc(Cl)ccc1Cl. The van der Waals surface area contributed by atoms with Gasteiger partial charge in [-0.2, -0.15) is 0 Å². The van der Waals surface area contributed by atoms with E-state index in [1.165, 1.54) is 6.26 Å². The van der Waals surface area contributed by atoms with Crippen molar-refractivity contribution in [1.82, 2.24) is 10.5 Å². The summed E-state index contributed by atoms with van der Waals surface area (Å²) in [6, 6.07) is 6.76. The summed E-state index contributed by atoms with van der Waals surface area (Å²) in [5.74, 6) is 0. The predicted octanol–water partition coefficient (Wildman–Crippen LogP) is 2.80. The summed E-state index contributed by atoms with van der Waals surface area (Å²) in [6.07, 6.45) is 0.782. The summed E-state index contributed by atoms with van der Waals surface area (Å²) in [6.45, 7) is 0.874. The van der Waals surface area contributed by atoms with E-state index in [1.54, 1.807) is 24.3 Å². The average molecular weight is 287 g/mol. The van der Waals surface area contributed by atoms with Crippen molar-refractivity contribution in [3.05, 3.63) is 51.8 Å². The summed E-state index contributed by atoms with van der Waals surface area (Å²) in [5.41, 5.74) is 1.39. The second kappa shape index (κ2) is 6.20. The molecule has 6 heteroatoms. The quantitative estimate of drug-likeness (QED) is 0.887. The summed E-state index contributed by atoms with van der Waals surface area (Å²) in [7, 11) is 0. The van der Waals surface area contributed by atoms with Crippen molar-refractivity contribution in [3.8, 4) is 0 Å². The molecule has 0 radical (unpaired) electrons. The van der Waals surface area contributed by atoms with Crippen LogP contribution in [0.2, 0.25) is 10.0 Å². The van der Waals surface area contributed by atoms with Gasteiger partial charge in [0.1, 0.15) is 6.26 Å². The largest absolute Gasteiger partial charge is 0.387 e. The molecule has 1 unspecified atom stereocenters. The summed E-state index contributed by atoms with van der Waals surface area (Å²) < 4.78 is 4.70. The smallest absolute Gasteiger partial charge is 0.124 e. The molecule has 1 heterocycles. The molecule has 96 valence electrons. The minimum Gasteiger partial charge on any atom is -0.387 e. The van der Waals surface area contributed by atoms with Crippen LogP contribution in [-0.2, 0) is 6.54 Å². The number of hydrogen-bond donors (Lipinski definition) is 2. The molecule has 0 bridgehead atoms. The summed E-state index contributed by atoms with van der Waals surface area (Å²) in [5, 5.41) is 17.9. The molecule has 1 aromatic carbocycles. The summed E-state index contributed by atoms with van der Waals surface area (Å²) in [4.78, 5) is 0. The van der Waals surface area contributed by atoms with Crippen molar-refractivity contribution in [1.29, 1.82) is 0 Å². The van der Waals surface area contributed by atoms with Crippen LogP contribution < -0.4 is 5.32 Å². The topological polar surface area (TPSA) is 58.3 Å². The van der Waals surface area contributed by atoms with E-state index in [4.69, 9.17) is 27.7 Å². The highest BCUT2D eigenvalue weighted by Crippen LogP contribution is 2.25. The lowest BCUT2D eigenvalue weighted by Crippen LogP contribution is -2.21. The zero-order valence-corrected chi connectivity index (χ0v) is 10.9. The van der Waals surface area contributed by atoms with Crippen molar-refractivity contribution in [3.63, 3.8) is 0 Å². The molecule has 2 rings (SSSR count). The highest BCUT2D eigenvalue weighted by Gasteiger charge is 2.12. The Morgan fingerprint density at radius 3 is 2.89 bits per heavy atom. The molecule has 0 fully saturated rings. The fourth-order valence-corrected chi connectivity index (χ4v) is 1.97. The van der Waals surface area contributed by atoms with E-state index in [-0.39, 0.29) is 0 Å². The number of aliphatic hydroxyl groups excluding tert-OH is 1. The van der Waals surface area contributed by atoms with E-state index < -0.39 is 6.10 Å². The first-order valence-corrected chi connectivity index (χ1v) is 6.15. The average Bonchev–Trinajstić information content (AvgIpc) is 2.85. The molecular formula is C12H12Cl2N2O2. The number of aromatic nitrogens is 1. The van der Waals surface area contributed by atoms with Gasteiger partial charge < -0.3 is 14.9 Å². The third-order valence-corrected chi connectivity index (χ3v) is 3.03. The molecule has 2 aromatic rings. The van der Waals surface area contributed by atoms with Gasteiger partial charge in [-0.25, -0.2) is 0 Å². The minimum atomic E-state index is -0.719. The van der Waals surface area contributed by atoms with Crippen LogP contribution in [0.4, 0.5) is 0 Å². The van der Waals surface area contributed by atoms with Gasteiger partial charge in [0.05, 0.1) is 11.8 Å². The fourth-order valence-electron chi connectivity index (χ4n) is 1.55. The zero-order chi connectivity index (χ0) is 13.0.